The highest BCUT2D eigenvalue weighted by molar-refractivity contribution is 5.77. The first-order valence-corrected chi connectivity index (χ1v) is 10.5. The molecular formula is C22H31N3O4. The van der Waals surface area contributed by atoms with E-state index in [0.717, 1.165) is 31.2 Å². The van der Waals surface area contributed by atoms with Gasteiger partial charge >= 0.3 is 6.03 Å². The number of hydrogen-bond donors (Lipinski definition) is 4. The zero-order valence-electron chi connectivity index (χ0n) is 16.7. The summed E-state index contributed by atoms with van der Waals surface area (Å²) in [6.45, 7) is 0.228. The Morgan fingerprint density at radius 3 is 2.52 bits per heavy atom. The number of urea groups is 1. The molecule has 1 saturated carbocycles. The number of carbonyl (C=O) groups excluding carboxylic acids is 2. The molecule has 7 heteroatoms. The molecule has 2 aliphatic rings. The molecule has 3 rings (SSSR count). The average Bonchev–Trinajstić information content (AvgIpc) is 2.74. The van der Waals surface area contributed by atoms with Crippen LogP contribution in [0, 0.1) is 0 Å². The molecule has 1 aliphatic heterocycles. The lowest BCUT2D eigenvalue weighted by Crippen LogP contribution is -2.53. The maximum atomic E-state index is 12.3. The van der Waals surface area contributed by atoms with Crippen molar-refractivity contribution in [2.24, 2.45) is 0 Å². The van der Waals surface area contributed by atoms with Crippen molar-refractivity contribution in [2.45, 2.75) is 69.4 Å². The van der Waals surface area contributed by atoms with Crippen LogP contribution in [0.4, 0.5) is 4.79 Å². The zero-order valence-corrected chi connectivity index (χ0v) is 16.7. The predicted octanol–water partition coefficient (Wildman–Crippen LogP) is 2.01. The van der Waals surface area contributed by atoms with Crippen molar-refractivity contribution in [3.8, 4) is 0 Å². The van der Waals surface area contributed by atoms with Crippen LogP contribution in [-0.2, 0) is 16.1 Å². The van der Waals surface area contributed by atoms with Gasteiger partial charge in [0.25, 0.3) is 0 Å². The summed E-state index contributed by atoms with van der Waals surface area (Å²) in [6.07, 6.45) is 8.27. The Morgan fingerprint density at radius 2 is 1.79 bits per heavy atom. The fourth-order valence-corrected chi connectivity index (χ4v) is 3.81. The first-order chi connectivity index (χ1) is 14.1. The van der Waals surface area contributed by atoms with Gasteiger partial charge in [0, 0.05) is 12.6 Å². The van der Waals surface area contributed by atoms with Gasteiger partial charge in [0.2, 0.25) is 5.91 Å². The van der Waals surface area contributed by atoms with Crippen molar-refractivity contribution in [1.82, 2.24) is 16.0 Å². The van der Waals surface area contributed by atoms with Gasteiger partial charge in [0.15, 0.2) is 0 Å². The van der Waals surface area contributed by atoms with Gasteiger partial charge in [-0.1, -0.05) is 61.7 Å². The molecule has 3 amide bonds. The van der Waals surface area contributed by atoms with Gasteiger partial charge < -0.3 is 25.8 Å². The van der Waals surface area contributed by atoms with E-state index in [9.17, 15) is 14.7 Å². The summed E-state index contributed by atoms with van der Waals surface area (Å²) in [5.41, 5.74) is 1.03. The van der Waals surface area contributed by atoms with Gasteiger partial charge in [-0.15, -0.1) is 0 Å². The molecule has 4 N–H and O–H groups in total. The Balaban J connectivity index is 1.44. The van der Waals surface area contributed by atoms with E-state index in [2.05, 4.69) is 16.0 Å². The number of amides is 3. The summed E-state index contributed by atoms with van der Waals surface area (Å²) in [5.74, 6) is -0.123. The molecule has 1 heterocycles. The van der Waals surface area contributed by atoms with E-state index in [1.54, 1.807) is 12.2 Å². The second kappa shape index (κ2) is 11.0. The van der Waals surface area contributed by atoms with Gasteiger partial charge in [-0.2, -0.15) is 0 Å². The maximum absolute atomic E-state index is 12.3. The van der Waals surface area contributed by atoms with Crippen molar-refractivity contribution < 1.29 is 19.4 Å². The largest absolute Gasteiger partial charge is 0.394 e. The van der Waals surface area contributed by atoms with Crippen molar-refractivity contribution in [3.05, 3.63) is 48.0 Å². The summed E-state index contributed by atoms with van der Waals surface area (Å²) >= 11 is 0. The molecule has 0 spiro atoms. The van der Waals surface area contributed by atoms with Crippen molar-refractivity contribution in [2.75, 3.05) is 6.61 Å². The van der Waals surface area contributed by atoms with Crippen LogP contribution in [0.3, 0.4) is 0 Å². The normalized spacial score (nSPS) is 24.7. The first kappa shape index (κ1) is 21.3. The molecule has 3 atom stereocenters. The summed E-state index contributed by atoms with van der Waals surface area (Å²) in [6, 6.07) is 9.24. The standard InChI is InChI=1S/C22H31N3O4/c26-15-20-19(25-22(28)24-17-9-5-2-6-10-17)12-11-18(29-20)13-21(27)23-14-16-7-3-1-4-8-16/h1,3-4,7-8,11-12,17-20,26H,2,5-6,9-10,13-15H2,(H,23,27)(H2,24,25,28)/t18-,19+,20-/m0/s1. The summed E-state index contributed by atoms with van der Waals surface area (Å²) < 4.78 is 5.82. The lowest BCUT2D eigenvalue weighted by molar-refractivity contribution is -0.125. The fourth-order valence-electron chi connectivity index (χ4n) is 3.81. The molecule has 1 aromatic rings. The van der Waals surface area contributed by atoms with E-state index in [1.165, 1.54) is 6.42 Å². The lowest BCUT2D eigenvalue weighted by atomic mass is 9.96. The molecule has 158 valence electrons. The van der Waals surface area contributed by atoms with E-state index >= 15 is 0 Å². The number of hydrogen-bond acceptors (Lipinski definition) is 4. The topological polar surface area (TPSA) is 99.7 Å². The van der Waals surface area contributed by atoms with Crippen molar-refractivity contribution >= 4 is 11.9 Å². The molecule has 0 unspecified atom stereocenters. The number of carbonyl (C=O) groups is 2. The number of benzene rings is 1. The predicted molar refractivity (Wildman–Crippen MR) is 110 cm³/mol. The highest BCUT2D eigenvalue weighted by atomic mass is 16.5. The van der Waals surface area contributed by atoms with Crippen molar-refractivity contribution in [1.29, 1.82) is 0 Å². The fraction of sp³-hybridized carbons (Fsp3) is 0.545. The summed E-state index contributed by atoms with van der Waals surface area (Å²) in [5, 5.41) is 18.4. The van der Waals surface area contributed by atoms with E-state index in [0.29, 0.717) is 6.54 Å². The van der Waals surface area contributed by atoms with Gasteiger partial charge in [0.05, 0.1) is 25.2 Å². The minimum Gasteiger partial charge on any atom is -0.394 e. The number of aliphatic hydroxyl groups excluding tert-OH is 1. The monoisotopic (exact) mass is 401 g/mol. The van der Waals surface area contributed by atoms with Crippen molar-refractivity contribution in [3.63, 3.8) is 0 Å². The third kappa shape index (κ3) is 6.87. The minimum atomic E-state index is -0.580. The molecule has 0 radical (unpaired) electrons. The number of nitrogens with one attached hydrogen (secondary N) is 3. The third-order valence-corrected chi connectivity index (χ3v) is 5.42. The van der Waals surface area contributed by atoms with Crippen LogP contribution in [-0.4, -0.2) is 47.9 Å². The Labute approximate surface area is 171 Å². The van der Waals surface area contributed by atoms with Crippen LogP contribution in [0.2, 0.25) is 0 Å². The number of aliphatic hydroxyl groups is 1. The Kier molecular flexibility index (Phi) is 8.07. The van der Waals surface area contributed by atoms with Crippen LogP contribution < -0.4 is 16.0 Å². The average molecular weight is 402 g/mol. The number of ether oxygens (including phenoxy) is 1. The molecule has 1 fully saturated rings. The van der Waals surface area contributed by atoms with Gasteiger partial charge in [-0.3, -0.25) is 4.79 Å². The summed E-state index contributed by atoms with van der Waals surface area (Å²) in [7, 11) is 0. The van der Waals surface area contributed by atoms with Crippen LogP contribution in [0.1, 0.15) is 44.1 Å². The minimum absolute atomic E-state index is 0.123. The zero-order chi connectivity index (χ0) is 20.5. The van der Waals surface area contributed by atoms with Crippen LogP contribution in [0.25, 0.3) is 0 Å². The van der Waals surface area contributed by atoms with Crippen LogP contribution in [0.15, 0.2) is 42.5 Å². The van der Waals surface area contributed by atoms with E-state index in [4.69, 9.17) is 4.74 Å². The molecule has 0 bridgehead atoms. The SMILES string of the molecule is O=C(C[C@@H]1C=C[C@@H](NC(=O)NC2CCCCC2)[C@H](CO)O1)NCc1ccccc1. The first-order valence-electron chi connectivity index (χ1n) is 10.5. The Bertz CT molecular complexity index is 689. The highest BCUT2D eigenvalue weighted by Crippen LogP contribution is 2.18. The molecule has 7 nitrogen and oxygen atoms in total. The molecule has 0 aromatic heterocycles. The Morgan fingerprint density at radius 1 is 1.03 bits per heavy atom. The van der Waals surface area contributed by atoms with Gasteiger partial charge in [0.1, 0.15) is 6.10 Å². The smallest absolute Gasteiger partial charge is 0.315 e. The molecule has 0 saturated heterocycles. The molecule has 1 aliphatic carbocycles. The van der Waals surface area contributed by atoms with Crippen LogP contribution in [0.5, 0.6) is 0 Å². The molecule has 1 aromatic carbocycles. The summed E-state index contributed by atoms with van der Waals surface area (Å²) in [4.78, 5) is 24.5. The molecule has 29 heavy (non-hydrogen) atoms. The second-order valence-corrected chi connectivity index (χ2v) is 7.73. The molecular weight excluding hydrogens is 370 g/mol. The van der Waals surface area contributed by atoms with E-state index < -0.39 is 18.2 Å². The van der Waals surface area contributed by atoms with Gasteiger partial charge in [-0.25, -0.2) is 4.79 Å². The third-order valence-electron chi connectivity index (χ3n) is 5.42. The highest BCUT2D eigenvalue weighted by Gasteiger charge is 2.29. The second-order valence-electron chi connectivity index (χ2n) is 7.73. The van der Waals surface area contributed by atoms with Crippen LogP contribution >= 0.6 is 0 Å². The van der Waals surface area contributed by atoms with E-state index in [1.807, 2.05) is 30.3 Å². The maximum Gasteiger partial charge on any atom is 0.315 e. The lowest BCUT2D eigenvalue weighted by Gasteiger charge is -2.32. The number of rotatable bonds is 7. The quantitative estimate of drug-likeness (QED) is 0.525. The Hall–Kier alpha value is -2.38. The van der Waals surface area contributed by atoms with Gasteiger partial charge in [-0.05, 0) is 18.4 Å². The van der Waals surface area contributed by atoms with E-state index in [-0.39, 0.29) is 31.0 Å².